The van der Waals surface area contributed by atoms with Crippen LogP contribution in [0.4, 0.5) is 0 Å². The molecule has 0 aliphatic heterocycles. The SMILES string of the molecule is C/C=C/c1cc(OC)c(C)cc1OCC(CC)CCCC.C/C=C/c1ccc(C)cc1.CC=C(C)c1cccc(C)c1.Cc1cc(C)c(C)s1.Cc1ccc(C)c(C)c1.Cc1ccc2c(c1)C(C)(C)c1cc(C)ccc1-2.PP.[C-]#[N+]/C(=C\c1cc(C)c(C)cc1C)c1cc(C)c(/C(C#N)=C/C)cc1C.[V]. The number of hydrogen-bond donors (Lipinski definition) is 0. The zero-order valence-electron chi connectivity index (χ0n) is 68.7. The summed E-state index contributed by atoms with van der Waals surface area (Å²) >= 11 is 1.87. The van der Waals surface area contributed by atoms with Gasteiger partial charge < -0.3 is 9.47 Å². The number of hydrogen-bond acceptors (Lipinski definition) is 4. The minimum absolute atomic E-state index is 0. The number of benzene rings is 8. The van der Waals surface area contributed by atoms with E-state index in [-0.39, 0.29) is 24.0 Å². The molecular formula is C97H124N2O2P2SV. The predicted molar refractivity (Wildman–Crippen MR) is 470 cm³/mol. The van der Waals surface area contributed by atoms with Gasteiger partial charge in [-0.2, -0.15) is 5.26 Å². The van der Waals surface area contributed by atoms with Gasteiger partial charge in [0.1, 0.15) is 11.5 Å². The molecule has 0 N–H and O–H groups in total. The summed E-state index contributed by atoms with van der Waals surface area (Å²) in [6.45, 7) is 61.5. The zero-order chi connectivity index (χ0) is 78.0. The number of unbranched alkanes of at least 4 members (excludes halogenated alkanes) is 1. The Kier molecular flexibility index (Phi) is 42.4. The van der Waals surface area contributed by atoms with E-state index in [1.165, 1.54) is 136 Å². The third-order valence-electron chi connectivity index (χ3n) is 19.0. The second-order valence-electron chi connectivity index (χ2n) is 28.0. The van der Waals surface area contributed by atoms with Crippen molar-refractivity contribution in [2.24, 2.45) is 5.92 Å². The van der Waals surface area contributed by atoms with Crippen molar-refractivity contribution in [3.05, 3.63) is 313 Å². The molecule has 1 aliphatic carbocycles. The molecule has 3 unspecified atom stereocenters. The van der Waals surface area contributed by atoms with Gasteiger partial charge in [0.15, 0.2) is 5.70 Å². The number of fused-ring (bicyclic) bond motifs is 3. The number of aryl methyl sites for hydroxylation is 16. The number of rotatable bonds is 14. The molecule has 555 valence electrons. The van der Waals surface area contributed by atoms with Crippen LogP contribution in [0.15, 0.2) is 170 Å². The number of nitrogens with zero attached hydrogens (tertiary/aromatic N) is 2. The summed E-state index contributed by atoms with van der Waals surface area (Å²) in [6.07, 6.45) is 19.1. The maximum absolute atomic E-state index is 9.32. The van der Waals surface area contributed by atoms with E-state index < -0.39 is 0 Å². The van der Waals surface area contributed by atoms with Gasteiger partial charge in [0.25, 0.3) is 0 Å². The molecule has 0 bridgehead atoms. The number of thiophene rings is 1. The van der Waals surface area contributed by atoms with E-state index in [1.807, 2.05) is 82.4 Å². The molecule has 1 aliphatic rings. The van der Waals surface area contributed by atoms with E-state index in [2.05, 4.69) is 319 Å². The molecule has 0 spiro atoms. The van der Waals surface area contributed by atoms with Crippen LogP contribution in [0.1, 0.15) is 220 Å². The van der Waals surface area contributed by atoms with Crippen molar-refractivity contribution in [2.45, 2.75) is 204 Å². The van der Waals surface area contributed by atoms with Crippen LogP contribution in [-0.2, 0) is 24.0 Å². The Morgan fingerprint density at radius 3 is 1.57 bits per heavy atom. The van der Waals surface area contributed by atoms with Crippen LogP contribution in [0.5, 0.6) is 11.5 Å². The largest absolute Gasteiger partial charge is 0.496 e. The van der Waals surface area contributed by atoms with Gasteiger partial charge in [-0.3, -0.25) is 0 Å². The van der Waals surface area contributed by atoms with Crippen molar-refractivity contribution in [3.8, 4) is 28.7 Å². The summed E-state index contributed by atoms with van der Waals surface area (Å²) < 4.78 is 11.5. The zero-order valence-corrected chi connectivity index (χ0v) is 73.3. The molecule has 1 radical (unpaired) electrons. The first kappa shape index (κ1) is 93.3. The van der Waals surface area contributed by atoms with Crippen LogP contribution in [0.2, 0.25) is 0 Å². The fourth-order valence-electron chi connectivity index (χ4n) is 12.1. The summed E-state index contributed by atoms with van der Waals surface area (Å²) in [4.78, 5) is 6.66. The molecule has 4 nitrogen and oxygen atoms in total. The van der Waals surface area contributed by atoms with E-state index in [1.54, 1.807) is 7.11 Å². The quantitative estimate of drug-likeness (QED) is 0.0472. The van der Waals surface area contributed by atoms with E-state index in [0.29, 0.717) is 17.2 Å². The van der Waals surface area contributed by atoms with E-state index in [4.69, 9.17) is 16.0 Å². The van der Waals surface area contributed by atoms with Crippen LogP contribution >= 0.6 is 29.2 Å². The first-order valence-electron chi connectivity index (χ1n) is 36.8. The summed E-state index contributed by atoms with van der Waals surface area (Å²) in [6, 6.07) is 54.1. The number of methoxy groups -OCH3 is 1. The van der Waals surface area contributed by atoms with Crippen LogP contribution < -0.4 is 9.47 Å². The molecule has 0 saturated heterocycles. The second kappa shape index (κ2) is 47.7. The number of ether oxygens (including phenoxy) is 2. The van der Waals surface area contributed by atoms with Crippen molar-refractivity contribution >= 4 is 64.3 Å². The maximum atomic E-state index is 9.32. The van der Waals surface area contributed by atoms with Crippen molar-refractivity contribution < 1.29 is 28.0 Å². The molecule has 105 heavy (non-hydrogen) atoms. The van der Waals surface area contributed by atoms with Crippen molar-refractivity contribution in [2.75, 3.05) is 13.7 Å². The maximum Gasteiger partial charge on any atom is 0.195 e. The average Bonchev–Trinajstić information content (AvgIpc) is 1.58. The molecule has 8 heteroatoms. The Morgan fingerprint density at radius 2 is 1.10 bits per heavy atom. The van der Waals surface area contributed by atoms with Gasteiger partial charge in [-0.1, -0.05) is 244 Å². The molecular weight excluding hydrogens is 1370 g/mol. The molecule has 9 aromatic rings. The molecule has 1 heterocycles. The van der Waals surface area contributed by atoms with E-state index in [9.17, 15) is 5.26 Å². The van der Waals surface area contributed by atoms with Gasteiger partial charge in [0, 0.05) is 39.3 Å². The summed E-state index contributed by atoms with van der Waals surface area (Å²) in [5.74, 6) is 2.51. The summed E-state index contributed by atoms with van der Waals surface area (Å²) in [7, 11) is 6.38. The fourth-order valence-corrected chi connectivity index (χ4v) is 13.0. The average molecular weight is 1500 g/mol. The van der Waals surface area contributed by atoms with Crippen LogP contribution in [0, 0.1) is 135 Å². The third-order valence-corrected chi connectivity index (χ3v) is 20.1. The summed E-state index contributed by atoms with van der Waals surface area (Å²) in [5, 5.41) is 9.32. The smallest absolute Gasteiger partial charge is 0.195 e. The third kappa shape index (κ3) is 29.5. The molecule has 1 aromatic heterocycles. The summed E-state index contributed by atoms with van der Waals surface area (Å²) in [5.41, 5.74) is 32.8. The molecule has 8 aromatic carbocycles. The minimum atomic E-state index is 0. The Morgan fingerprint density at radius 1 is 0.552 bits per heavy atom. The Labute approximate surface area is 658 Å². The van der Waals surface area contributed by atoms with Gasteiger partial charge in [-0.05, 0) is 282 Å². The van der Waals surface area contributed by atoms with Crippen molar-refractivity contribution in [3.63, 3.8) is 0 Å². The number of allylic oxidation sites excluding steroid dienone is 6. The fraction of sp³-hybridized carbons (Fsp3) is 0.340. The topological polar surface area (TPSA) is 46.6 Å². The molecule has 3 atom stereocenters. The van der Waals surface area contributed by atoms with Gasteiger partial charge in [0.05, 0.1) is 31.9 Å². The standard InChI is InChI=1S/C24H24N2.C19H30O2.C17H18.C11H14.C10H12.C9H12.C7H10S.H4P2.V/c1-8-20(14-25)22-11-19(6)23(12-18(22)5)24(26-7)13-21-10-16(3)15(2)9-17(21)4;1-6-9-11-16(8-3)14-21-19-12-15(4)18(20-5)13-17(19)10-7-2;1-11-5-7-13-14-8-6-12(2)10-16(14)17(3,4)15(13)9-11;1-4-10(3)11-7-5-6-9(2)8-11;1-3-4-10-7-5-9(2)6-8-10;1-7-4-5-8(2)9(3)6-7;1-5-4-6(2)8-7(5)3;1-2;/h8-13H,1-6H3;7,10,12-13,16H,6,8-9,11,14H2,1-5H3;5-10H,1-4H3;4-8H,1-3H3;3-8H,1-2H3;4-6H,1-3H3;4H,1-3H3;1-2H2;/b20-8+,24-13-;10-7+;;;4-3+;;;;. The first-order chi connectivity index (χ1) is 49.4. The van der Waals surface area contributed by atoms with Crippen LogP contribution in [-0.4, -0.2) is 13.7 Å². The van der Waals surface area contributed by atoms with Crippen molar-refractivity contribution in [1.82, 2.24) is 0 Å². The van der Waals surface area contributed by atoms with Gasteiger partial charge in [-0.15, -0.1) is 29.2 Å². The second-order valence-corrected chi connectivity index (χ2v) is 29.4. The Balaban J connectivity index is 0.000000430. The van der Waals surface area contributed by atoms with Gasteiger partial charge in [0.2, 0.25) is 0 Å². The molecule has 0 amide bonds. The Bertz CT molecular complexity index is 4410. The number of nitriles is 1. The normalized spacial score (nSPS) is 11.8. The van der Waals surface area contributed by atoms with Crippen LogP contribution in [0.25, 0.3) is 51.0 Å². The monoisotopic (exact) mass is 1490 g/mol. The minimum Gasteiger partial charge on any atom is -0.496 e. The van der Waals surface area contributed by atoms with Crippen molar-refractivity contribution in [1.29, 1.82) is 5.26 Å². The Hall–Kier alpha value is -7.82. The van der Waals surface area contributed by atoms with E-state index in [0.717, 1.165) is 57.1 Å². The van der Waals surface area contributed by atoms with Gasteiger partial charge >= 0.3 is 0 Å². The van der Waals surface area contributed by atoms with Gasteiger partial charge in [-0.25, -0.2) is 4.85 Å². The molecule has 0 saturated carbocycles. The molecule has 0 fully saturated rings. The van der Waals surface area contributed by atoms with E-state index >= 15 is 0 Å². The first-order valence-corrected chi connectivity index (χ1v) is 40.2. The van der Waals surface area contributed by atoms with Crippen LogP contribution in [0.3, 0.4) is 0 Å². The molecule has 10 rings (SSSR count). The predicted octanol–water partition coefficient (Wildman–Crippen LogP) is 29.2.